The van der Waals surface area contributed by atoms with Crippen LogP contribution in [0.25, 0.3) is 5.70 Å². The second kappa shape index (κ2) is 8.04. The minimum Gasteiger partial charge on any atom is -0.398 e. The molecule has 0 aliphatic carbocycles. The molecule has 146 valence electrons. The van der Waals surface area contributed by atoms with Crippen molar-refractivity contribution in [1.29, 1.82) is 0 Å². The van der Waals surface area contributed by atoms with Crippen LogP contribution >= 0.6 is 0 Å². The molecule has 2 aromatic rings. The van der Waals surface area contributed by atoms with Crippen LogP contribution in [0.2, 0.25) is 0 Å². The van der Waals surface area contributed by atoms with E-state index in [0.29, 0.717) is 17.8 Å². The van der Waals surface area contributed by atoms with Crippen LogP contribution in [0.5, 0.6) is 0 Å². The van der Waals surface area contributed by atoms with Gasteiger partial charge in [0.2, 0.25) is 17.8 Å². The van der Waals surface area contributed by atoms with Crippen molar-refractivity contribution in [2.75, 3.05) is 26.9 Å². The maximum atomic E-state index is 11.7. The number of hydrazone groups is 1. The van der Waals surface area contributed by atoms with Gasteiger partial charge in [-0.1, -0.05) is 40.6 Å². The fourth-order valence-corrected chi connectivity index (χ4v) is 3.01. The van der Waals surface area contributed by atoms with Gasteiger partial charge in [-0.2, -0.15) is 0 Å². The second-order valence-corrected chi connectivity index (χ2v) is 7.00. The molecule has 0 fully saturated rings. The SMILES string of the molecule is CN(C)C(=O)CCc1ccc([N+]2=CC(=C(N)c3ccccc3N)N(C)N2)cc1. The van der Waals surface area contributed by atoms with Crippen LogP contribution in [0.3, 0.4) is 0 Å². The molecule has 0 radical (unpaired) electrons. The molecule has 7 heteroatoms. The smallest absolute Gasteiger partial charge is 0.237 e. The number of allylic oxidation sites excluding steroid dienone is 1. The molecule has 28 heavy (non-hydrogen) atoms. The Labute approximate surface area is 165 Å². The first-order valence-electron chi connectivity index (χ1n) is 9.14. The van der Waals surface area contributed by atoms with E-state index in [1.54, 1.807) is 19.0 Å². The van der Waals surface area contributed by atoms with Gasteiger partial charge in [0.25, 0.3) is 0 Å². The van der Waals surface area contributed by atoms with Gasteiger partial charge in [-0.15, -0.1) is 0 Å². The molecule has 5 N–H and O–H groups in total. The third-order valence-corrected chi connectivity index (χ3v) is 4.74. The number of rotatable bonds is 5. The molecule has 7 nitrogen and oxygen atoms in total. The summed E-state index contributed by atoms with van der Waals surface area (Å²) in [5.74, 6) is 0.130. The van der Waals surface area contributed by atoms with Crippen molar-refractivity contribution in [3.8, 4) is 0 Å². The average Bonchev–Trinajstić information content (AvgIpc) is 3.08. The van der Waals surface area contributed by atoms with Gasteiger partial charge in [0, 0.05) is 50.9 Å². The number of carbonyl (C=O) groups excluding carboxylic acids is 1. The normalized spacial score (nSPS) is 15.1. The molecule has 1 aliphatic rings. The molecular weight excluding hydrogens is 352 g/mol. The number of nitrogens with zero attached hydrogens (tertiary/aromatic N) is 3. The highest BCUT2D eigenvalue weighted by Gasteiger charge is 2.26. The van der Waals surface area contributed by atoms with E-state index in [-0.39, 0.29) is 5.91 Å². The first kappa shape index (κ1) is 19.3. The molecule has 0 atom stereocenters. The first-order chi connectivity index (χ1) is 13.4. The Morgan fingerprint density at radius 3 is 2.46 bits per heavy atom. The summed E-state index contributed by atoms with van der Waals surface area (Å²) in [6, 6.07) is 15.7. The standard InChI is InChI=1S/C21H26N6O/c1-25(2)20(28)13-10-15-8-11-16(12-9-15)27-14-19(26(3)24-27)21(23)17-6-4-5-7-18(17)22/h4-9,11-12,14,24H,10,13H2,1-3H3,(H3,22,23)/p+1. The number of nitrogens with one attached hydrogen (secondary N) is 1. The summed E-state index contributed by atoms with van der Waals surface area (Å²) in [6.07, 6.45) is 3.16. The zero-order chi connectivity index (χ0) is 20.3. The number of aryl methyl sites for hydroxylation is 1. The number of hydrazine groups is 2. The lowest BCUT2D eigenvalue weighted by molar-refractivity contribution is -0.522. The van der Waals surface area contributed by atoms with Crippen LogP contribution in [0.4, 0.5) is 11.4 Å². The van der Waals surface area contributed by atoms with Crippen LogP contribution in [0.1, 0.15) is 17.5 Å². The van der Waals surface area contributed by atoms with Crippen LogP contribution in [-0.4, -0.2) is 47.9 Å². The number of hydrogen-bond donors (Lipinski definition) is 3. The van der Waals surface area contributed by atoms with E-state index in [0.717, 1.165) is 28.9 Å². The number of anilines is 1. The number of nitrogen functional groups attached to an aromatic ring is 1. The summed E-state index contributed by atoms with van der Waals surface area (Å²) in [4.78, 5) is 13.4. The molecule has 2 aromatic carbocycles. The monoisotopic (exact) mass is 379 g/mol. The van der Waals surface area contributed by atoms with Gasteiger partial charge in [-0.3, -0.25) is 4.79 Å². The van der Waals surface area contributed by atoms with Crippen molar-refractivity contribution < 1.29 is 9.48 Å². The second-order valence-electron chi connectivity index (χ2n) is 7.00. The summed E-state index contributed by atoms with van der Waals surface area (Å²) in [5.41, 5.74) is 20.7. The number of para-hydroxylation sites is 1. The summed E-state index contributed by atoms with van der Waals surface area (Å²) < 4.78 is 1.90. The minimum atomic E-state index is 0.130. The number of amides is 1. The maximum absolute atomic E-state index is 11.7. The average molecular weight is 379 g/mol. The van der Waals surface area contributed by atoms with Crippen LogP contribution in [0.15, 0.2) is 54.2 Å². The number of hydrogen-bond acceptors (Lipinski definition) is 5. The lowest BCUT2D eigenvalue weighted by Crippen LogP contribution is -2.32. The van der Waals surface area contributed by atoms with E-state index < -0.39 is 0 Å². The van der Waals surface area contributed by atoms with E-state index in [1.807, 2.05) is 71.5 Å². The lowest BCUT2D eigenvalue weighted by atomic mass is 10.1. The third-order valence-electron chi connectivity index (χ3n) is 4.74. The number of benzene rings is 2. The van der Waals surface area contributed by atoms with Gasteiger partial charge in [-0.05, 0) is 18.1 Å². The Morgan fingerprint density at radius 2 is 1.82 bits per heavy atom. The molecule has 1 heterocycles. The molecule has 0 bridgehead atoms. The Morgan fingerprint density at radius 1 is 1.14 bits per heavy atom. The predicted octanol–water partition coefficient (Wildman–Crippen LogP) is 1.70. The Balaban J connectivity index is 1.79. The van der Waals surface area contributed by atoms with Gasteiger partial charge in [0.05, 0.1) is 5.70 Å². The van der Waals surface area contributed by atoms with Crippen LogP contribution < -0.4 is 17.0 Å². The fraction of sp³-hybridized carbons (Fsp3) is 0.238. The van der Waals surface area contributed by atoms with Crippen molar-refractivity contribution in [2.24, 2.45) is 5.73 Å². The first-order valence-corrected chi connectivity index (χ1v) is 9.14. The van der Waals surface area contributed by atoms with E-state index in [1.165, 1.54) is 0 Å². The van der Waals surface area contributed by atoms with Gasteiger partial charge < -0.3 is 16.4 Å². The van der Waals surface area contributed by atoms with Gasteiger partial charge in [0.15, 0.2) is 5.70 Å². The van der Waals surface area contributed by atoms with Gasteiger partial charge in [0.1, 0.15) is 0 Å². The van der Waals surface area contributed by atoms with Crippen molar-refractivity contribution in [3.05, 3.63) is 65.4 Å². The topological polar surface area (TPSA) is 90.6 Å². The summed E-state index contributed by atoms with van der Waals surface area (Å²) in [5, 5.41) is 1.85. The number of carbonyl (C=O) groups is 1. The third kappa shape index (κ3) is 4.09. The number of nitrogens with two attached hydrogens (primary N) is 2. The highest BCUT2D eigenvalue weighted by Crippen LogP contribution is 2.23. The molecule has 1 aliphatic heterocycles. The van der Waals surface area contributed by atoms with E-state index in [9.17, 15) is 4.79 Å². The molecule has 0 spiro atoms. The zero-order valence-corrected chi connectivity index (χ0v) is 16.5. The van der Waals surface area contributed by atoms with Gasteiger partial charge in [-0.25, -0.2) is 5.01 Å². The van der Waals surface area contributed by atoms with E-state index in [2.05, 4.69) is 5.53 Å². The Hall–Kier alpha value is -3.48. The molecule has 0 saturated heterocycles. The van der Waals surface area contributed by atoms with Crippen LogP contribution in [-0.2, 0) is 11.2 Å². The summed E-state index contributed by atoms with van der Waals surface area (Å²) in [6.45, 7) is 0. The Bertz CT molecular complexity index is 930. The lowest BCUT2D eigenvalue weighted by Gasteiger charge is -2.13. The molecule has 1 amide bonds. The largest absolute Gasteiger partial charge is 0.398 e. The van der Waals surface area contributed by atoms with E-state index >= 15 is 0 Å². The van der Waals surface area contributed by atoms with Crippen LogP contribution in [0, 0.1) is 0 Å². The van der Waals surface area contributed by atoms with Gasteiger partial charge >= 0.3 is 0 Å². The summed E-state index contributed by atoms with van der Waals surface area (Å²) >= 11 is 0. The molecule has 0 unspecified atom stereocenters. The van der Waals surface area contributed by atoms with Crippen molar-refractivity contribution in [1.82, 2.24) is 15.4 Å². The van der Waals surface area contributed by atoms with E-state index in [4.69, 9.17) is 11.5 Å². The van der Waals surface area contributed by atoms with Crippen molar-refractivity contribution in [3.63, 3.8) is 0 Å². The molecular formula is C21H27N6O+. The molecule has 3 rings (SSSR count). The van der Waals surface area contributed by atoms with Crippen molar-refractivity contribution >= 4 is 29.2 Å². The quantitative estimate of drug-likeness (QED) is 0.543. The highest BCUT2D eigenvalue weighted by molar-refractivity contribution is 5.90. The highest BCUT2D eigenvalue weighted by atomic mass is 16.2. The fourth-order valence-electron chi connectivity index (χ4n) is 3.01. The van der Waals surface area contributed by atoms with Crippen molar-refractivity contribution in [2.45, 2.75) is 12.8 Å². The zero-order valence-electron chi connectivity index (χ0n) is 16.5. The minimum absolute atomic E-state index is 0.130. The molecule has 0 saturated carbocycles. The molecule has 0 aromatic heterocycles. The Kier molecular flexibility index (Phi) is 5.54. The maximum Gasteiger partial charge on any atom is 0.237 e. The predicted molar refractivity (Wildman–Crippen MR) is 112 cm³/mol. The summed E-state index contributed by atoms with van der Waals surface area (Å²) in [7, 11) is 5.45.